The molecule has 1 aromatic carbocycles. The zero-order valence-electron chi connectivity index (χ0n) is 13.0. The maximum Gasteiger partial charge on any atom is 0.224 e. The number of hydrogen-bond acceptors (Lipinski definition) is 3. The van der Waals surface area contributed by atoms with E-state index in [1.165, 1.54) is 24.3 Å². The Morgan fingerprint density at radius 1 is 1.32 bits per heavy atom. The summed E-state index contributed by atoms with van der Waals surface area (Å²) in [4.78, 5) is 26.2. The normalized spacial score (nSPS) is 18.9. The molecule has 22 heavy (non-hydrogen) atoms. The Morgan fingerprint density at radius 3 is 2.73 bits per heavy atom. The van der Waals surface area contributed by atoms with E-state index in [-0.39, 0.29) is 23.4 Å². The number of ketones is 1. The minimum atomic E-state index is -0.336. The number of carbonyl (C=O) groups excluding carboxylic acids is 2. The summed E-state index contributed by atoms with van der Waals surface area (Å²) < 4.78 is 12.9. The lowest BCUT2D eigenvalue weighted by Gasteiger charge is -2.31. The molecule has 1 aromatic rings. The van der Waals surface area contributed by atoms with Crippen LogP contribution in [0.3, 0.4) is 0 Å². The summed E-state index contributed by atoms with van der Waals surface area (Å²) in [5, 5.41) is 2.86. The summed E-state index contributed by atoms with van der Waals surface area (Å²) >= 11 is 0. The largest absolute Gasteiger partial charge is 0.356 e. The van der Waals surface area contributed by atoms with E-state index in [9.17, 15) is 14.0 Å². The number of nitrogens with one attached hydrogen (secondary N) is 1. The fraction of sp³-hybridized carbons (Fsp3) is 0.529. The molecule has 1 N–H and O–H groups in total. The number of halogens is 1. The monoisotopic (exact) mass is 306 g/mol. The summed E-state index contributed by atoms with van der Waals surface area (Å²) in [7, 11) is 0. The predicted octanol–water partition coefficient (Wildman–Crippen LogP) is 2.25. The molecule has 0 saturated carbocycles. The Hall–Kier alpha value is -1.75. The fourth-order valence-corrected chi connectivity index (χ4v) is 2.83. The summed E-state index contributed by atoms with van der Waals surface area (Å²) in [6.07, 6.45) is 2.29. The molecule has 0 aliphatic carbocycles. The molecule has 1 heterocycles. The van der Waals surface area contributed by atoms with Crippen molar-refractivity contribution in [3.05, 3.63) is 35.6 Å². The second kappa shape index (κ2) is 8.03. The summed E-state index contributed by atoms with van der Waals surface area (Å²) in [6.45, 7) is 4.85. The van der Waals surface area contributed by atoms with Crippen molar-refractivity contribution in [1.82, 2.24) is 10.2 Å². The quantitative estimate of drug-likeness (QED) is 0.820. The molecular weight excluding hydrogens is 283 g/mol. The number of nitrogens with zero attached hydrogens (tertiary/aromatic N) is 1. The number of Topliss-reactive ketones (excluding diaryl/α,β-unsaturated/α-hetero) is 1. The van der Waals surface area contributed by atoms with E-state index in [4.69, 9.17) is 0 Å². The molecule has 1 amide bonds. The van der Waals surface area contributed by atoms with E-state index in [2.05, 4.69) is 10.2 Å². The summed E-state index contributed by atoms with van der Waals surface area (Å²) in [5.74, 6) is -0.191. The van der Waals surface area contributed by atoms with Gasteiger partial charge in [-0.25, -0.2) is 4.39 Å². The highest BCUT2D eigenvalue weighted by Crippen LogP contribution is 2.17. The van der Waals surface area contributed by atoms with Crippen LogP contribution in [0.25, 0.3) is 0 Å². The Kier molecular flexibility index (Phi) is 6.07. The minimum absolute atomic E-state index is 0.0140. The van der Waals surface area contributed by atoms with Crippen LogP contribution in [0.15, 0.2) is 24.3 Å². The number of likely N-dealkylation sites (tertiary alicyclic amines) is 1. The number of piperidine rings is 1. The van der Waals surface area contributed by atoms with E-state index in [1.54, 1.807) is 0 Å². The molecule has 1 atom stereocenters. The van der Waals surface area contributed by atoms with Gasteiger partial charge in [0, 0.05) is 31.6 Å². The lowest BCUT2D eigenvalue weighted by molar-refractivity contribution is -0.126. The highest BCUT2D eigenvalue weighted by Gasteiger charge is 2.25. The number of amides is 1. The number of benzene rings is 1. The van der Waals surface area contributed by atoms with Crippen molar-refractivity contribution in [1.29, 1.82) is 0 Å². The van der Waals surface area contributed by atoms with Crippen molar-refractivity contribution in [2.24, 2.45) is 5.92 Å². The average Bonchev–Trinajstić information content (AvgIpc) is 2.54. The Labute approximate surface area is 130 Å². The number of hydrogen-bond donors (Lipinski definition) is 1. The molecule has 0 unspecified atom stereocenters. The van der Waals surface area contributed by atoms with Gasteiger partial charge in [-0.15, -0.1) is 0 Å². The fourth-order valence-electron chi connectivity index (χ4n) is 2.83. The highest BCUT2D eigenvalue weighted by molar-refractivity contribution is 5.96. The van der Waals surface area contributed by atoms with Crippen LogP contribution in [-0.2, 0) is 4.79 Å². The van der Waals surface area contributed by atoms with Crippen LogP contribution in [0.4, 0.5) is 4.39 Å². The molecule has 5 heteroatoms. The van der Waals surface area contributed by atoms with Gasteiger partial charge in [-0.05, 0) is 50.6 Å². The molecule has 4 nitrogen and oxygen atoms in total. The predicted molar refractivity (Wildman–Crippen MR) is 83.2 cm³/mol. The molecule has 2 rings (SSSR count). The van der Waals surface area contributed by atoms with Crippen LogP contribution >= 0.6 is 0 Å². The smallest absolute Gasteiger partial charge is 0.224 e. The molecule has 1 aliphatic rings. The van der Waals surface area contributed by atoms with Gasteiger partial charge in [-0.3, -0.25) is 9.59 Å². The van der Waals surface area contributed by atoms with Crippen molar-refractivity contribution in [2.45, 2.75) is 26.2 Å². The van der Waals surface area contributed by atoms with Crippen molar-refractivity contribution in [3.63, 3.8) is 0 Å². The van der Waals surface area contributed by atoms with Gasteiger partial charge in [-0.1, -0.05) is 0 Å². The third-order valence-corrected chi connectivity index (χ3v) is 4.05. The second-order valence-electron chi connectivity index (χ2n) is 5.71. The van der Waals surface area contributed by atoms with Gasteiger partial charge < -0.3 is 10.2 Å². The zero-order valence-corrected chi connectivity index (χ0v) is 13.0. The SMILES string of the molecule is CCNC(=O)[C@H]1CCCN(CCC(=O)c2ccc(F)cc2)C1. The van der Waals surface area contributed by atoms with Gasteiger partial charge in [-0.2, -0.15) is 0 Å². The van der Waals surface area contributed by atoms with E-state index >= 15 is 0 Å². The maximum absolute atomic E-state index is 12.9. The van der Waals surface area contributed by atoms with Gasteiger partial charge in [0.15, 0.2) is 5.78 Å². The second-order valence-corrected chi connectivity index (χ2v) is 5.71. The molecule has 1 fully saturated rings. The van der Waals surface area contributed by atoms with E-state index < -0.39 is 0 Å². The molecule has 0 radical (unpaired) electrons. The van der Waals surface area contributed by atoms with Crippen LogP contribution in [0.1, 0.15) is 36.5 Å². The molecule has 1 aliphatic heterocycles. The van der Waals surface area contributed by atoms with E-state index in [0.717, 1.165) is 19.4 Å². The van der Waals surface area contributed by atoms with Crippen LogP contribution in [0.5, 0.6) is 0 Å². The molecular formula is C17H23FN2O2. The van der Waals surface area contributed by atoms with Crippen molar-refractivity contribution in [2.75, 3.05) is 26.2 Å². The molecule has 0 bridgehead atoms. The number of rotatable bonds is 6. The summed E-state index contributed by atoms with van der Waals surface area (Å²) in [6, 6.07) is 5.65. The van der Waals surface area contributed by atoms with Crippen molar-refractivity contribution in [3.8, 4) is 0 Å². The summed E-state index contributed by atoms with van der Waals surface area (Å²) in [5.41, 5.74) is 0.540. The first kappa shape index (κ1) is 16.6. The van der Waals surface area contributed by atoms with Gasteiger partial charge in [0.1, 0.15) is 5.82 Å². The van der Waals surface area contributed by atoms with Gasteiger partial charge in [0.2, 0.25) is 5.91 Å². The van der Waals surface area contributed by atoms with Crippen LogP contribution in [0.2, 0.25) is 0 Å². The van der Waals surface area contributed by atoms with Crippen LogP contribution in [0, 0.1) is 11.7 Å². The van der Waals surface area contributed by atoms with Crippen LogP contribution < -0.4 is 5.32 Å². The lowest BCUT2D eigenvalue weighted by atomic mass is 9.96. The van der Waals surface area contributed by atoms with Crippen molar-refractivity contribution < 1.29 is 14.0 Å². The molecule has 0 spiro atoms. The maximum atomic E-state index is 12.9. The van der Waals surface area contributed by atoms with Gasteiger partial charge in [0.05, 0.1) is 5.92 Å². The van der Waals surface area contributed by atoms with Crippen molar-refractivity contribution >= 4 is 11.7 Å². The first-order valence-electron chi connectivity index (χ1n) is 7.89. The van der Waals surface area contributed by atoms with Gasteiger partial charge >= 0.3 is 0 Å². The van der Waals surface area contributed by atoms with Gasteiger partial charge in [0.25, 0.3) is 0 Å². The third-order valence-electron chi connectivity index (χ3n) is 4.05. The molecule has 120 valence electrons. The highest BCUT2D eigenvalue weighted by atomic mass is 19.1. The first-order chi connectivity index (χ1) is 10.6. The molecule has 1 saturated heterocycles. The standard InChI is InChI=1S/C17H23FN2O2/c1-2-19-17(22)14-4-3-10-20(12-14)11-9-16(21)13-5-7-15(18)8-6-13/h5-8,14H,2-4,9-12H2,1H3,(H,19,22)/t14-/m0/s1. The Balaban J connectivity index is 1.82. The zero-order chi connectivity index (χ0) is 15.9. The van der Waals surface area contributed by atoms with E-state index in [0.29, 0.717) is 31.6 Å². The Bertz CT molecular complexity index is 516. The third kappa shape index (κ3) is 4.63. The van der Waals surface area contributed by atoms with Crippen LogP contribution in [-0.4, -0.2) is 42.8 Å². The minimum Gasteiger partial charge on any atom is -0.356 e. The topological polar surface area (TPSA) is 49.4 Å². The van der Waals surface area contributed by atoms with E-state index in [1.807, 2.05) is 6.92 Å². The molecule has 0 aromatic heterocycles. The number of carbonyl (C=O) groups is 2. The average molecular weight is 306 g/mol. The first-order valence-corrected chi connectivity index (χ1v) is 7.89. The Morgan fingerprint density at radius 2 is 2.05 bits per heavy atom. The lowest BCUT2D eigenvalue weighted by Crippen LogP contribution is -2.43.